The van der Waals surface area contributed by atoms with Crippen LogP contribution in [0.1, 0.15) is 21.5 Å². The molecule has 0 spiro atoms. The van der Waals surface area contributed by atoms with Crippen molar-refractivity contribution >= 4 is 11.5 Å². The quantitative estimate of drug-likeness (QED) is 0.480. The van der Waals surface area contributed by atoms with Gasteiger partial charge in [-0.2, -0.15) is 0 Å². The number of nitro groups is 1. The fourth-order valence-electron chi connectivity index (χ4n) is 2.28. The van der Waals surface area contributed by atoms with Crippen LogP contribution in [0, 0.1) is 17.0 Å². The van der Waals surface area contributed by atoms with E-state index in [0.717, 1.165) is 0 Å². The molecule has 21 heavy (non-hydrogen) atoms. The Hall–Kier alpha value is -2.69. The van der Waals surface area contributed by atoms with Crippen LogP contribution in [0.25, 0.3) is 0 Å². The maximum Gasteiger partial charge on any atom is 0.280 e. The Bertz CT molecular complexity index is 694. The number of benzene rings is 2. The minimum absolute atomic E-state index is 0.0652. The van der Waals surface area contributed by atoms with Crippen molar-refractivity contribution in [1.82, 2.24) is 0 Å². The van der Waals surface area contributed by atoms with Crippen molar-refractivity contribution in [2.24, 2.45) is 0 Å². The van der Waals surface area contributed by atoms with Crippen LogP contribution in [-0.4, -0.2) is 17.8 Å². The number of carbonyl (C=O) groups is 1. The Morgan fingerprint density at radius 3 is 2.57 bits per heavy atom. The van der Waals surface area contributed by atoms with E-state index in [1.807, 2.05) is 6.07 Å². The van der Waals surface area contributed by atoms with Crippen LogP contribution in [0.15, 0.2) is 42.5 Å². The van der Waals surface area contributed by atoms with Gasteiger partial charge in [-0.05, 0) is 18.6 Å². The van der Waals surface area contributed by atoms with Crippen molar-refractivity contribution in [3.8, 4) is 5.75 Å². The summed E-state index contributed by atoms with van der Waals surface area (Å²) in [5.74, 6) is 0.311. The number of Topliss-reactive ketones (excluding diaryl/α,β-unsaturated/α-hetero) is 1. The van der Waals surface area contributed by atoms with Crippen LogP contribution < -0.4 is 4.74 Å². The Morgan fingerprint density at radius 1 is 1.19 bits per heavy atom. The summed E-state index contributed by atoms with van der Waals surface area (Å²) in [4.78, 5) is 23.0. The van der Waals surface area contributed by atoms with Crippen LogP contribution >= 0.6 is 0 Å². The largest absolute Gasteiger partial charge is 0.496 e. The lowest BCUT2D eigenvalue weighted by atomic mass is 9.97. The molecule has 0 saturated carbocycles. The predicted molar refractivity (Wildman–Crippen MR) is 78.9 cm³/mol. The van der Waals surface area contributed by atoms with Gasteiger partial charge in [0.05, 0.1) is 17.6 Å². The second-order valence-electron chi connectivity index (χ2n) is 4.64. The van der Waals surface area contributed by atoms with Gasteiger partial charge in [-0.25, -0.2) is 0 Å². The van der Waals surface area contributed by atoms with Crippen LogP contribution in [0.3, 0.4) is 0 Å². The van der Waals surface area contributed by atoms with Gasteiger partial charge in [0, 0.05) is 18.1 Å². The molecule has 0 bridgehead atoms. The van der Waals surface area contributed by atoms with Crippen molar-refractivity contribution in [3.05, 3.63) is 69.3 Å². The maximum atomic E-state index is 12.5. The molecule has 0 saturated heterocycles. The number of carbonyl (C=O) groups excluding carboxylic acids is 1. The molecule has 5 nitrogen and oxygen atoms in total. The highest BCUT2D eigenvalue weighted by Gasteiger charge is 2.22. The number of aryl methyl sites for hydroxylation is 1. The zero-order chi connectivity index (χ0) is 15.4. The molecule has 0 N–H and O–H groups in total. The number of ketones is 1. The summed E-state index contributed by atoms with van der Waals surface area (Å²) in [6.07, 6.45) is 0.0652. The van der Waals surface area contributed by atoms with E-state index in [9.17, 15) is 14.9 Å². The lowest BCUT2D eigenvalue weighted by Crippen LogP contribution is -2.10. The third-order valence-electron chi connectivity index (χ3n) is 3.27. The monoisotopic (exact) mass is 285 g/mol. The number of hydrogen-bond donors (Lipinski definition) is 0. The van der Waals surface area contributed by atoms with Crippen LogP contribution in [-0.2, 0) is 6.42 Å². The van der Waals surface area contributed by atoms with E-state index < -0.39 is 4.92 Å². The van der Waals surface area contributed by atoms with Crippen molar-refractivity contribution in [3.63, 3.8) is 0 Å². The summed E-state index contributed by atoms with van der Waals surface area (Å²) in [6.45, 7) is 1.70. The standard InChI is InChI=1S/C16H15NO4/c1-11-6-5-8-13(17(19)20)16(11)14(18)10-12-7-3-4-9-15(12)21-2/h3-9H,10H2,1-2H3. The highest BCUT2D eigenvalue weighted by atomic mass is 16.6. The number of nitro benzene ring substituents is 1. The van der Waals surface area contributed by atoms with E-state index in [1.165, 1.54) is 13.2 Å². The fraction of sp³-hybridized carbons (Fsp3) is 0.188. The van der Waals surface area contributed by atoms with Gasteiger partial charge in [-0.15, -0.1) is 0 Å². The topological polar surface area (TPSA) is 69.4 Å². The highest BCUT2D eigenvalue weighted by molar-refractivity contribution is 6.02. The molecule has 0 aromatic heterocycles. The average Bonchev–Trinajstić information content (AvgIpc) is 2.47. The highest BCUT2D eigenvalue weighted by Crippen LogP contribution is 2.26. The minimum atomic E-state index is -0.525. The maximum absolute atomic E-state index is 12.5. The fourth-order valence-corrected chi connectivity index (χ4v) is 2.28. The molecular formula is C16H15NO4. The first-order chi connectivity index (χ1) is 10.0. The number of nitrogens with zero attached hydrogens (tertiary/aromatic N) is 1. The lowest BCUT2D eigenvalue weighted by Gasteiger charge is -2.09. The number of ether oxygens (including phenoxy) is 1. The summed E-state index contributed by atoms with van der Waals surface area (Å²) in [7, 11) is 1.53. The van der Waals surface area contributed by atoms with E-state index in [2.05, 4.69) is 0 Å². The van der Waals surface area contributed by atoms with Gasteiger partial charge in [0.15, 0.2) is 5.78 Å². The number of rotatable bonds is 5. The van der Waals surface area contributed by atoms with Gasteiger partial charge in [-0.3, -0.25) is 14.9 Å². The molecule has 0 fully saturated rings. The average molecular weight is 285 g/mol. The van der Waals surface area contributed by atoms with E-state index >= 15 is 0 Å². The second-order valence-corrected chi connectivity index (χ2v) is 4.64. The Kier molecular flexibility index (Phi) is 4.33. The van der Waals surface area contributed by atoms with E-state index in [4.69, 9.17) is 4.74 Å². The Labute approximate surface area is 122 Å². The number of hydrogen-bond acceptors (Lipinski definition) is 4. The first-order valence-corrected chi connectivity index (χ1v) is 6.43. The third-order valence-corrected chi connectivity index (χ3v) is 3.27. The molecule has 0 heterocycles. The van der Waals surface area contributed by atoms with E-state index in [0.29, 0.717) is 16.9 Å². The van der Waals surface area contributed by atoms with Crippen molar-refractivity contribution < 1.29 is 14.5 Å². The lowest BCUT2D eigenvalue weighted by molar-refractivity contribution is -0.385. The van der Waals surface area contributed by atoms with Gasteiger partial charge in [0.2, 0.25) is 0 Å². The molecule has 0 atom stereocenters. The van der Waals surface area contributed by atoms with Crippen molar-refractivity contribution in [2.45, 2.75) is 13.3 Å². The molecule has 0 aliphatic heterocycles. The zero-order valence-corrected chi connectivity index (χ0v) is 11.8. The predicted octanol–water partition coefficient (Wildman–Crippen LogP) is 3.34. The third kappa shape index (κ3) is 3.08. The van der Waals surface area contributed by atoms with Crippen LogP contribution in [0.2, 0.25) is 0 Å². The second kappa shape index (κ2) is 6.17. The number of methoxy groups -OCH3 is 1. The molecule has 0 amide bonds. The molecule has 2 aromatic carbocycles. The zero-order valence-electron chi connectivity index (χ0n) is 11.8. The SMILES string of the molecule is COc1ccccc1CC(=O)c1c(C)cccc1[N+](=O)[O-]. The normalized spacial score (nSPS) is 10.2. The first kappa shape index (κ1) is 14.7. The summed E-state index contributed by atoms with van der Waals surface area (Å²) in [6, 6.07) is 11.8. The van der Waals surface area contributed by atoms with Crippen LogP contribution in [0.5, 0.6) is 5.75 Å². The van der Waals surface area contributed by atoms with Gasteiger partial charge in [0.1, 0.15) is 5.75 Å². The van der Waals surface area contributed by atoms with Crippen LogP contribution in [0.4, 0.5) is 5.69 Å². The van der Waals surface area contributed by atoms with E-state index in [-0.39, 0.29) is 23.5 Å². The van der Waals surface area contributed by atoms with Crippen molar-refractivity contribution in [2.75, 3.05) is 7.11 Å². The summed E-state index contributed by atoms with van der Waals surface area (Å²) in [5, 5.41) is 11.1. The minimum Gasteiger partial charge on any atom is -0.496 e. The molecule has 108 valence electrons. The molecule has 2 rings (SSSR count). The smallest absolute Gasteiger partial charge is 0.280 e. The van der Waals surface area contributed by atoms with Gasteiger partial charge in [-0.1, -0.05) is 30.3 Å². The first-order valence-electron chi connectivity index (χ1n) is 6.43. The van der Waals surface area contributed by atoms with Crippen molar-refractivity contribution in [1.29, 1.82) is 0 Å². The number of para-hydroxylation sites is 1. The molecule has 0 radical (unpaired) electrons. The Morgan fingerprint density at radius 2 is 1.90 bits per heavy atom. The van der Waals surface area contributed by atoms with E-state index in [1.54, 1.807) is 37.3 Å². The molecule has 0 aliphatic carbocycles. The molecule has 2 aromatic rings. The van der Waals surface area contributed by atoms with Gasteiger partial charge in [0.25, 0.3) is 5.69 Å². The van der Waals surface area contributed by atoms with Gasteiger partial charge < -0.3 is 4.74 Å². The van der Waals surface area contributed by atoms with Gasteiger partial charge >= 0.3 is 0 Å². The summed E-state index contributed by atoms with van der Waals surface area (Å²) >= 11 is 0. The molecule has 5 heteroatoms. The summed E-state index contributed by atoms with van der Waals surface area (Å²) < 4.78 is 5.20. The Balaban J connectivity index is 2.39. The molecule has 0 aliphatic rings. The summed E-state index contributed by atoms with van der Waals surface area (Å²) in [5.41, 5.74) is 1.31. The molecular weight excluding hydrogens is 270 g/mol. The molecule has 0 unspecified atom stereocenters.